The Morgan fingerprint density at radius 2 is 0.846 bits per heavy atom. The van der Waals surface area contributed by atoms with Gasteiger partial charge < -0.3 is 39.6 Å². The van der Waals surface area contributed by atoms with Gasteiger partial charge in [-0.25, -0.2) is 0 Å². The van der Waals surface area contributed by atoms with Gasteiger partial charge in [0, 0.05) is 11.1 Å². The van der Waals surface area contributed by atoms with Crippen molar-refractivity contribution >= 4 is 34.6 Å². The molecule has 0 aliphatic heterocycles. The monoisotopic (exact) mass is 456 g/mol. The molecule has 0 heterocycles. The van der Waals surface area contributed by atoms with Crippen LogP contribution in [0.1, 0.15) is 41.4 Å². The van der Waals surface area contributed by atoms with Crippen molar-refractivity contribution in [1.82, 2.24) is 0 Å². The van der Waals surface area contributed by atoms with Crippen molar-refractivity contribution in [2.24, 2.45) is 0 Å². The van der Waals surface area contributed by atoms with Gasteiger partial charge in [0.1, 0.15) is 0 Å². The Balaban J connectivity index is -0.00000132. The van der Waals surface area contributed by atoms with E-state index < -0.39 is 51.5 Å². The molecule has 0 amide bonds. The van der Waals surface area contributed by atoms with Crippen molar-refractivity contribution in [3.05, 3.63) is 46.5 Å². The second kappa shape index (κ2) is 15.0. The molecule has 0 atom stereocenters. The van der Waals surface area contributed by atoms with Crippen molar-refractivity contribution < 1.29 is 245 Å². The third-order valence-corrected chi connectivity index (χ3v) is 2.96. The molecule has 0 spiro atoms. The number of carbonyl (C=O) groups is 4. The van der Waals surface area contributed by atoms with E-state index in [1.807, 2.05) is 0 Å². The van der Waals surface area contributed by atoms with Gasteiger partial charge in [-0.1, -0.05) is 0 Å². The number of carboxylic acid groups (broad SMARTS) is 4. The Labute approximate surface area is 317 Å². The first-order chi connectivity index (χ1) is 10.2. The molecule has 0 bridgehead atoms. The Morgan fingerprint density at radius 1 is 0.538 bits per heavy atom. The van der Waals surface area contributed by atoms with E-state index in [1.165, 1.54) is 0 Å². The summed E-state index contributed by atoms with van der Waals surface area (Å²) < 4.78 is 0. The summed E-state index contributed by atoms with van der Waals surface area (Å²) in [5, 5.41) is 43.3. The number of aromatic carboxylic acids is 4. The first kappa shape index (κ1) is 33.8. The van der Waals surface area contributed by atoms with Crippen LogP contribution in [0.15, 0.2) is 24.3 Å². The molecular weight excluding hydrogens is 453 g/mol. The van der Waals surface area contributed by atoms with Crippen LogP contribution in [0.5, 0.6) is 0 Å². The Hall–Kier alpha value is 3.13. The van der Waals surface area contributed by atoms with Gasteiger partial charge in [-0.15, -0.1) is 0 Å². The molecule has 0 fully saturated rings. The number of hydrogen-bond acceptors (Lipinski definition) is 8. The first-order valence-electron chi connectivity index (χ1n) is 5.69. The molecule has 8 nitrogen and oxygen atoms in total. The molecule has 0 aliphatic rings. The fraction of sp³-hybridized carbons (Fsp3) is 0. The van der Waals surface area contributed by atoms with Crippen molar-refractivity contribution in [3.8, 4) is 0 Å². The number of carboxylic acids is 4. The molecule has 0 saturated carbocycles. The van der Waals surface area contributed by atoms with E-state index in [9.17, 15) is 39.6 Å². The zero-order valence-electron chi connectivity index (χ0n) is 14.6. The summed E-state index contributed by atoms with van der Waals surface area (Å²) in [5.74, 6) is -7.12. The summed E-state index contributed by atoms with van der Waals surface area (Å²) in [6.45, 7) is 0. The van der Waals surface area contributed by atoms with E-state index in [0.29, 0.717) is 12.1 Å². The largest absolute Gasteiger partial charge is 1.00 e. The predicted octanol–water partition coefficient (Wildman–Crippen LogP) is -15.7. The van der Waals surface area contributed by atoms with Gasteiger partial charge in [-0.3, -0.25) is 0 Å². The summed E-state index contributed by atoms with van der Waals surface area (Å²) in [6, 6.07) is 3.10. The quantitative estimate of drug-likeness (QED) is 0.410. The van der Waals surface area contributed by atoms with E-state index in [4.69, 9.17) is 0 Å². The topological polar surface area (TPSA) is 161 Å². The van der Waals surface area contributed by atoms with Crippen molar-refractivity contribution in [2.45, 2.75) is 0 Å². The van der Waals surface area contributed by atoms with Crippen LogP contribution in [0.3, 0.4) is 0 Å². The van der Waals surface area contributed by atoms with Crippen LogP contribution in [0.4, 0.5) is 0 Å². The van der Waals surface area contributed by atoms with Crippen molar-refractivity contribution in [2.75, 3.05) is 0 Å². The maximum atomic E-state index is 11.1. The van der Waals surface area contributed by atoms with E-state index in [-0.39, 0.29) is 211 Å². The van der Waals surface area contributed by atoms with E-state index in [2.05, 4.69) is 0 Å². The van der Waals surface area contributed by atoms with Crippen LogP contribution in [0.25, 0.3) is 10.8 Å². The summed E-state index contributed by atoms with van der Waals surface area (Å²) in [5.41, 5.74) is -2.63. The first-order valence-corrected chi connectivity index (χ1v) is 5.69. The average molecular weight is 457 g/mol. The molecule has 0 aromatic heterocycles. The van der Waals surface area contributed by atoms with Gasteiger partial charge in [0.15, 0.2) is 0 Å². The van der Waals surface area contributed by atoms with Gasteiger partial charge in [0.2, 0.25) is 0 Å². The Bertz CT molecular complexity index is 799. The molecule has 2 aromatic rings. The molecule has 0 aliphatic carbocycles. The van der Waals surface area contributed by atoms with Crippen LogP contribution in [-0.4, -0.2) is 23.9 Å². The minimum atomic E-state index is -1.84. The molecule has 0 N–H and O–H groups in total. The summed E-state index contributed by atoms with van der Waals surface area (Å²) in [6.07, 6.45) is 0. The zero-order chi connectivity index (χ0) is 16.6. The average Bonchev–Trinajstić information content (AvgIpc) is 2.43. The van der Waals surface area contributed by atoms with Crippen LogP contribution in [0, 0.1) is 0 Å². The minimum Gasteiger partial charge on any atom is -0.545 e. The SMILES string of the molecule is O=C([O-])c1cc(C(=O)[O-])c2c(C(=O)[O-])cc(C(=O)[O-])cc2c1.[K+].[K+].[K+].[K+]. The maximum absolute atomic E-state index is 11.1. The van der Waals surface area contributed by atoms with Gasteiger partial charge in [-0.05, 0) is 46.2 Å². The molecule has 2 rings (SSSR count). The van der Waals surface area contributed by atoms with Gasteiger partial charge >= 0.3 is 206 Å². The summed E-state index contributed by atoms with van der Waals surface area (Å²) in [4.78, 5) is 44.0. The van der Waals surface area contributed by atoms with Crippen LogP contribution in [-0.2, 0) is 0 Å². The van der Waals surface area contributed by atoms with E-state index in [0.717, 1.165) is 12.1 Å². The fourth-order valence-electron chi connectivity index (χ4n) is 2.07. The number of carbonyl (C=O) groups excluding carboxylic acids is 4. The van der Waals surface area contributed by atoms with Crippen LogP contribution >= 0.6 is 0 Å². The second-order valence-corrected chi connectivity index (χ2v) is 4.30. The Morgan fingerprint density at radius 3 is 1.08 bits per heavy atom. The smallest absolute Gasteiger partial charge is 0.545 e. The van der Waals surface area contributed by atoms with Gasteiger partial charge in [-0.2, -0.15) is 0 Å². The van der Waals surface area contributed by atoms with Gasteiger partial charge in [0.05, 0.1) is 23.9 Å². The second-order valence-electron chi connectivity index (χ2n) is 4.30. The molecule has 2 aromatic carbocycles. The van der Waals surface area contributed by atoms with E-state index in [1.54, 1.807) is 0 Å². The number of benzene rings is 2. The standard InChI is InChI=1S/C14H8O8.4K/c15-11(16)6-1-5-2-7(12(17)18)4-9(14(21)22)10(5)8(3-6)13(19)20;;;;/h1-4H,(H,15,16)(H,17,18)(H,19,20)(H,21,22);;;;/q;4*+1/p-4. The molecule has 12 heteroatoms. The molecule has 0 radical (unpaired) electrons. The van der Waals surface area contributed by atoms with Crippen molar-refractivity contribution in [1.29, 1.82) is 0 Å². The molecule has 0 unspecified atom stereocenters. The fourth-order valence-corrected chi connectivity index (χ4v) is 2.07. The number of rotatable bonds is 4. The zero-order valence-corrected chi connectivity index (χ0v) is 27.1. The number of hydrogen-bond donors (Lipinski definition) is 0. The van der Waals surface area contributed by atoms with Crippen LogP contribution in [0.2, 0.25) is 0 Å². The molecule has 0 saturated heterocycles. The summed E-state index contributed by atoms with van der Waals surface area (Å²) in [7, 11) is 0. The Kier molecular flexibility index (Phi) is 19.5. The normalized spacial score (nSPS) is 8.77. The summed E-state index contributed by atoms with van der Waals surface area (Å²) >= 11 is 0. The molecule has 112 valence electrons. The number of fused-ring (bicyclic) bond motifs is 1. The van der Waals surface area contributed by atoms with Crippen molar-refractivity contribution in [3.63, 3.8) is 0 Å². The van der Waals surface area contributed by atoms with E-state index >= 15 is 0 Å². The minimum absolute atomic E-state index is 0. The third-order valence-electron chi connectivity index (χ3n) is 2.96. The van der Waals surface area contributed by atoms with Crippen LogP contribution < -0.4 is 226 Å². The maximum Gasteiger partial charge on any atom is 1.00 e. The predicted molar refractivity (Wildman–Crippen MR) is 61.3 cm³/mol. The molecule has 26 heavy (non-hydrogen) atoms. The van der Waals surface area contributed by atoms with Gasteiger partial charge in [0.25, 0.3) is 0 Å². The molecular formula is C14H4K4O8. The third kappa shape index (κ3) is 8.34.